The van der Waals surface area contributed by atoms with Gasteiger partial charge in [0.15, 0.2) is 5.78 Å². The molecule has 138 valence electrons. The summed E-state index contributed by atoms with van der Waals surface area (Å²) in [4.78, 5) is 22.6. The first-order chi connectivity index (χ1) is 13.0. The van der Waals surface area contributed by atoms with Crippen molar-refractivity contribution in [1.82, 2.24) is 0 Å². The molecular weight excluding hydrogens is 367 g/mol. The van der Waals surface area contributed by atoms with E-state index in [0.29, 0.717) is 11.1 Å². The molecule has 0 heterocycles. The number of ketones is 1. The quantitative estimate of drug-likeness (QED) is 0.478. The Labute approximate surface area is 156 Å². The van der Waals surface area contributed by atoms with Crippen LogP contribution in [0.1, 0.15) is 15.9 Å². The fourth-order valence-corrected chi connectivity index (χ4v) is 3.23. The van der Waals surface area contributed by atoms with Gasteiger partial charge in [0.2, 0.25) is 0 Å². The first-order valence-corrected chi connectivity index (χ1v) is 9.53. The van der Waals surface area contributed by atoms with Crippen molar-refractivity contribution in [3.63, 3.8) is 0 Å². The van der Waals surface area contributed by atoms with E-state index in [4.69, 9.17) is 13.8 Å². The maximum absolute atomic E-state index is 12.6. The number of hydrogen-bond donors (Lipinski definition) is 1. The summed E-state index contributed by atoms with van der Waals surface area (Å²) in [6.45, 7) is 0. The predicted octanol–water partition coefficient (Wildman–Crippen LogP) is 4.48. The number of para-hydroxylation sites is 1. The lowest BCUT2D eigenvalue weighted by molar-refractivity contribution is 0.103. The van der Waals surface area contributed by atoms with Crippen molar-refractivity contribution in [1.29, 1.82) is 0 Å². The van der Waals surface area contributed by atoms with E-state index in [9.17, 15) is 14.3 Å². The van der Waals surface area contributed by atoms with Crippen molar-refractivity contribution < 1.29 is 28.0 Å². The van der Waals surface area contributed by atoms with Crippen molar-refractivity contribution >= 4 is 13.6 Å². The van der Waals surface area contributed by atoms with E-state index >= 15 is 0 Å². The van der Waals surface area contributed by atoms with Crippen LogP contribution in [0.2, 0.25) is 0 Å². The number of ether oxygens (including phenoxy) is 1. The van der Waals surface area contributed by atoms with Crippen LogP contribution in [0.15, 0.2) is 78.9 Å². The van der Waals surface area contributed by atoms with Crippen molar-refractivity contribution in [3.05, 3.63) is 90.0 Å². The first-order valence-electron chi connectivity index (χ1n) is 8.03. The van der Waals surface area contributed by atoms with Crippen LogP contribution in [-0.4, -0.2) is 17.8 Å². The van der Waals surface area contributed by atoms with Gasteiger partial charge in [0.05, 0.1) is 12.7 Å². The molecule has 1 N–H and O–H groups in total. The van der Waals surface area contributed by atoms with E-state index < -0.39 is 7.82 Å². The largest absolute Gasteiger partial charge is 0.584 e. The molecule has 0 saturated heterocycles. The van der Waals surface area contributed by atoms with Gasteiger partial charge < -0.3 is 13.8 Å². The highest BCUT2D eigenvalue weighted by molar-refractivity contribution is 7.48. The minimum atomic E-state index is -4.40. The zero-order valence-corrected chi connectivity index (χ0v) is 15.3. The van der Waals surface area contributed by atoms with Gasteiger partial charge >= 0.3 is 7.82 Å². The number of carbonyl (C=O) groups excluding carboxylic acids is 1. The zero-order valence-electron chi connectivity index (χ0n) is 14.4. The van der Waals surface area contributed by atoms with Crippen LogP contribution in [0.4, 0.5) is 0 Å². The highest BCUT2D eigenvalue weighted by atomic mass is 31.2. The lowest BCUT2D eigenvalue weighted by Gasteiger charge is -2.15. The lowest BCUT2D eigenvalue weighted by atomic mass is 10.0. The van der Waals surface area contributed by atoms with Gasteiger partial charge in [-0.1, -0.05) is 48.5 Å². The molecule has 3 rings (SSSR count). The molecule has 0 radical (unpaired) electrons. The topological polar surface area (TPSA) is 82.1 Å². The maximum atomic E-state index is 12.6. The summed E-state index contributed by atoms with van der Waals surface area (Å²) >= 11 is 0. The Morgan fingerprint density at radius 2 is 1.44 bits per heavy atom. The average molecular weight is 384 g/mol. The number of rotatable bonds is 7. The Kier molecular flexibility index (Phi) is 5.60. The van der Waals surface area contributed by atoms with Gasteiger partial charge in [-0.2, -0.15) is 0 Å². The molecule has 0 spiro atoms. The van der Waals surface area contributed by atoms with Crippen LogP contribution in [0, 0.1) is 0 Å². The molecule has 6 nitrogen and oxygen atoms in total. The van der Waals surface area contributed by atoms with E-state index in [0.717, 1.165) is 0 Å². The summed E-state index contributed by atoms with van der Waals surface area (Å²) < 4.78 is 27.5. The minimum absolute atomic E-state index is 0.0400. The molecular formula is C20H17O6P. The third kappa shape index (κ3) is 4.76. The van der Waals surface area contributed by atoms with E-state index in [1.165, 1.54) is 37.4 Å². The smallest absolute Gasteiger partial charge is 0.496 e. The second-order valence-electron chi connectivity index (χ2n) is 5.52. The number of phosphoric acid groups is 1. The number of phosphoric ester groups is 1. The molecule has 0 aliphatic heterocycles. The second kappa shape index (κ2) is 8.08. The van der Waals surface area contributed by atoms with Crippen LogP contribution >= 0.6 is 7.82 Å². The van der Waals surface area contributed by atoms with Gasteiger partial charge in [-0.15, -0.1) is 0 Å². The van der Waals surface area contributed by atoms with Crippen LogP contribution < -0.4 is 13.8 Å². The Morgan fingerprint density at radius 1 is 0.852 bits per heavy atom. The summed E-state index contributed by atoms with van der Waals surface area (Å²) in [5, 5.41) is 0. The van der Waals surface area contributed by atoms with Gasteiger partial charge in [0.1, 0.15) is 17.2 Å². The molecule has 0 aliphatic rings. The van der Waals surface area contributed by atoms with E-state index in [1.807, 2.05) is 6.07 Å². The summed E-state index contributed by atoms with van der Waals surface area (Å²) in [7, 11) is -3.00. The molecule has 3 aromatic rings. The third-order valence-corrected chi connectivity index (χ3v) is 4.52. The second-order valence-corrected chi connectivity index (χ2v) is 6.82. The lowest BCUT2D eigenvalue weighted by Crippen LogP contribution is -2.05. The fourth-order valence-electron chi connectivity index (χ4n) is 2.43. The van der Waals surface area contributed by atoms with Gasteiger partial charge in [-0.3, -0.25) is 9.69 Å². The average Bonchev–Trinajstić information content (AvgIpc) is 2.68. The number of methoxy groups -OCH3 is 1. The molecule has 0 fully saturated rings. The molecule has 1 atom stereocenters. The van der Waals surface area contributed by atoms with Gasteiger partial charge in [-0.05, 0) is 24.3 Å². The molecule has 0 amide bonds. The monoisotopic (exact) mass is 384 g/mol. The maximum Gasteiger partial charge on any atom is 0.584 e. The summed E-state index contributed by atoms with van der Waals surface area (Å²) in [5.74, 6) is 0.234. The Hall–Kier alpha value is -3.08. The van der Waals surface area contributed by atoms with Crippen LogP contribution in [0.25, 0.3) is 0 Å². The number of carbonyl (C=O) groups is 1. The Morgan fingerprint density at radius 3 is 2.07 bits per heavy atom. The molecule has 0 saturated carbocycles. The van der Waals surface area contributed by atoms with Crippen molar-refractivity contribution in [2.75, 3.05) is 7.11 Å². The fraction of sp³-hybridized carbons (Fsp3) is 0.0500. The summed E-state index contributed by atoms with van der Waals surface area (Å²) in [6.07, 6.45) is 0. The Balaban J connectivity index is 1.82. The van der Waals surface area contributed by atoms with Crippen molar-refractivity contribution in [3.8, 4) is 17.2 Å². The Bertz CT molecular complexity index is 972. The van der Waals surface area contributed by atoms with Crippen LogP contribution in [-0.2, 0) is 4.57 Å². The SMILES string of the molecule is COc1cc(OP(=O)(O)Oc2ccccc2)ccc1C(=O)c1ccccc1. The van der Waals surface area contributed by atoms with Crippen LogP contribution in [0.5, 0.6) is 17.2 Å². The van der Waals surface area contributed by atoms with Gasteiger partial charge in [-0.25, -0.2) is 4.57 Å². The van der Waals surface area contributed by atoms with Crippen molar-refractivity contribution in [2.45, 2.75) is 0 Å². The normalized spacial score (nSPS) is 12.7. The molecule has 7 heteroatoms. The minimum Gasteiger partial charge on any atom is -0.496 e. The highest BCUT2D eigenvalue weighted by Crippen LogP contribution is 2.45. The van der Waals surface area contributed by atoms with E-state index in [-0.39, 0.29) is 23.0 Å². The molecule has 27 heavy (non-hydrogen) atoms. The predicted molar refractivity (Wildman–Crippen MR) is 100 cm³/mol. The molecule has 0 aliphatic carbocycles. The molecule has 0 aromatic heterocycles. The van der Waals surface area contributed by atoms with Gasteiger partial charge in [0, 0.05) is 11.6 Å². The van der Waals surface area contributed by atoms with E-state index in [1.54, 1.807) is 42.5 Å². The molecule has 1 unspecified atom stereocenters. The van der Waals surface area contributed by atoms with E-state index in [2.05, 4.69) is 0 Å². The van der Waals surface area contributed by atoms with Crippen molar-refractivity contribution in [2.24, 2.45) is 0 Å². The summed E-state index contributed by atoms with van der Waals surface area (Å²) in [5.41, 5.74) is 0.817. The van der Waals surface area contributed by atoms with Crippen LogP contribution in [0.3, 0.4) is 0 Å². The zero-order chi connectivity index (χ0) is 19.3. The molecule has 0 bridgehead atoms. The highest BCUT2D eigenvalue weighted by Gasteiger charge is 2.26. The number of hydrogen-bond acceptors (Lipinski definition) is 5. The first kappa shape index (κ1) is 18.7. The standard InChI is InChI=1S/C20H17O6P/c1-24-19-14-17(26-27(22,23)25-16-10-6-3-7-11-16)12-13-18(19)20(21)15-8-4-2-5-9-15/h2-14H,1H3,(H,22,23). The molecule has 3 aromatic carbocycles. The third-order valence-electron chi connectivity index (χ3n) is 3.64. The number of benzene rings is 3. The van der Waals surface area contributed by atoms with Gasteiger partial charge in [0.25, 0.3) is 0 Å². The summed E-state index contributed by atoms with van der Waals surface area (Å²) in [6, 6.07) is 21.2.